The van der Waals surface area contributed by atoms with Gasteiger partial charge in [-0.2, -0.15) is 0 Å². The summed E-state index contributed by atoms with van der Waals surface area (Å²) in [4.78, 5) is 23.9. The highest BCUT2D eigenvalue weighted by molar-refractivity contribution is 5.87. The van der Waals surface area contributed by atoms with Crippen molar-refractivity contribution in [1.29, 1.82) is 0 Å². The molecule has 24 heavy (non-hydrogen) atoms. The van der Waals surface area contributed by atoms with Crippen molar-refractivity contribution in [3.63, 3.8) is 0 Å². The fourth-order valence-corrected chi connectivity index (χ4v) is 2.43. The second kappa shape index (κ2) is 8.26. The number of carbonyl (C=O) groups is 2. The van der Waals surface area contributed by atoms with Gasteiger partial charge in [-0.1, -0.05) is 60.2 Å². The minimum absolute atomic E-state index is 0.215. The van der Waals surface area contributed by atoms with Gasteiger partial charge in [0.15, 0.2) is 6.10 Å². The third kappa shape index (κ3) is 4.67. The van der Waals surface area contributed by atoms with Gasteiger partial charge in [-0.05, 0) is 18.1 Å². The smallest absolute Gasteiger partial charge is 0.326 e. The van der Waals surface area contributed by atoms with Gasteiger partial charge >= 0.3 is 5.97 Å². The molecule has 0 aliphatic carbocycles. The molecule has 2 aromatic rings. The highest BCUT2D eigenvalue weighted by Gasteiger charge is 2.26. The fourth-order valence-electron chi connectivity index (χ4n) is 2.43. The first-order valence-corrected chi connectivity index (χ1v) is 7.67. The van der Waals surface area contributed by atoms with E-state index >= 15 is 0 Å². The first-order chi connectivity index (χ1) is 11.5. The van der Waals surface area contributed by atoms with Gasteiger partial charge in [-0.15, -0.1) is 0 Å². The molecule has 0 saturated carbocycles. The molecule has 0 unspecified atom stereocenters. The lowest BCUT2D eigenvalue weighted by atomic mass is 10.0. The van der Waals surface area contributed by atoms with Crippen molar-refractivity contribution < 1.29 is 19.4 Å². The van der Waals surface area contributed by atoms with Crippen LogP contribution in [0.25, 0.3) is 0 Å². The normalized spacial score (nSPS) is 13.1. The van der Waals surface area contributed by atoms with Crippen LogP contribution >= 0.6 is 0 Å². The van der Waals surface area contributed by atoms with Gasteiger partial charge in [0, 0.05) is 13.5 Å². The molecule has 0 aromatic heterocycles. The van der Waals surface area contributed by atoms with Crippen molar-refractivity contribution in [3.8, 4) is 0 Å². The van der Waals surface area contributed by atoms with E-state index in [1.54, 1.807) is 24.3 Å². The molecular formula is C19H21NO4. The summed E-state index contributed by atoms with van der Waals surface area (Å²) >= 11 is 0. The van der Waals surface area contributed by atoms with Crippen LogP contribution in [-0.4, -0.2) is 30.1 Å². The second-order valence-corrected chi connectivity index (χ2v) is 5.62. The summed E-state index contributed by atoms with van der Waals surface area (Å²) in [6.45, 7) is 1.96. The van der Waals surface area contributed by atoms with Crippen LogP contribution in [0.15, 0.2) is 54.6 Å². The summed E-state index contributed by atoms with van der Waals surface area (Å²) in [6.07, 6.45) is -0.627. The zero-order chi connectivity index (χ0) is 17.5. The Morgan fingerprint density at radius 1 is 1.08 bits per heavy atom. The number of rotatable bonds is 7. The number of carbonyl (C=O) groups excluding carboxylic acids is 1. The van der Waals surface area contributed by atoms with E-state index < -0.39 is 24.0 Å². The van der Waals surface area contributed by atoms with E-state index in [1.165, 1.54) is 7.11 Å². The van der Waals surface area contributed by atoms with Crippen LogP contribution in [0.1, 0.15) is 22.8 Å². The van der Waals surface area contributed by atoms with E-state index in [2.05, 4.69) is 5.32 Å². The predicted octanol–water partition coefficient (Wildman–Crippen LogP) is 2.49. The van der Waals surface area contributed by atoms with E-state index in [-0.39, 0.29) is 6.42 Å². The average Bonchev–Trinajstić information content (AvgIpc) is 2.57. The number of aliphatic carboxylic acids is 1. The topological polar surface area (TPSA) is 75.6 Å². The van der Waals surface area contributed by atoms with Crippen LogP contribution in [0, 0.1) is 6.92 Å². The molecule has 0 spiro atoms. The maximum Gasteiger partial charge on any atom is 0.326 e. The summed E-state index contributed by atoms with van der Waals surface area (Å²) < 4.78 is 5.24. The lowest BCUT2D eigenvalue weighted by Gasteiger charge is -2.20. The molecule has 0 aliphatic heterocycles. The maximum absolute atomic E-state index is 12.4. The Kier molecular flexibility index (Phi) is 6.09. The van der Waals surface area contributed by atoms with Gasteiger partial charge in [0.1, 0.15) is 6.04 Å². The number of hydrogen-bond acceptors (Lipinski definition) is 3. The minimum Gasteiger partial charge on any atom is -0.480 e. The van der Waals surface area contributed by atoms with E-state index in [0.29, 0.717) is 5.56 Å². The van der Waals surface area contributed by atoms with E-state index in [9.17, 15) is 14.7 Å². The molecule has 0 radical (unpaired) electrons. The fraction of sp³-hybridized carbons (Fsp3) is 0.263. The number of nitrogens with one attached hydrogen (secondary N) is 1. The molecule has 0 heterocycles. The number of methoxy groups -OCH3 is 1. The van der Waals surface area contributed by atoms with Crippen LogP contribution in [-0.2, 0) is 20.7 Å². The molecule has 2 atom stereocenters. The molecule has 2 N–H and O–H groups in total. The van der Waals surface area contributed by atoms with Gasteiger partial charge in [0.2, 0.25) is 0 Å². The van der Waals surface area contributed by atoms with Crippen molar-refractivity contribution in [3.05, 3.63) is 71.3 Å². The third-order valence-electron chi connectivity index (χ3n) is 3.75. The Balaban J connectivity index is 2.10. The van der Waals surface area contributed by atoms with Crippen molar-refractivity contribution in [2.24, 2.45) is 0 Å². The highest BCUT2D eigenvalue weighted by atomic mass is 16.5. The molecule has 5 heteroatoms. The summed E-state index contributed by atoms with van der Waals surface area (Å²) in [6, 6.07) is 15.5. The zero-order valence-corrected chi connectivity index (χ0v) is 13.7. The number of aryl methyl sites for hydroxylation is 1. The van der Waals surface area contributed by atoms with Crippen LogP contribution in [0.2, 0.25) is 0 Å². The zero-order valence-electron chi connectivity index (χ0n) is 13.7. The monoisotopic (exact) mass is 327 g/mol. The molecule has 2 rings (SSSR count). The van der Waals surface area contributed by atoms with Crippen molar-refractivity contribution in [1.82, 2.24) is 5.32 Å². The predicted molar refractivity (Wildman–Crippen MR) is 90.6 cm³/mol. The van der Waals surface area contributed by atoms with Crippen molar-refractivity contribution in [2.75, 3.05) is 7.11 Å². The number of ether oxygens (including phenoxy) is 1. The summed E-state index contributed by atoms with van der Waals surface area (Å²) in [7, 11) is 1.42. The molecule has 126 valence electrons. The van der Waals surface area contributed by atoms with E-state index in [4.69, 9.17) is 4.74 Å². The number of amides is 1. The van der Waals surface area contributed by atoms with Crippen LogP contribution in [0.5, 0.6) is 0 Å². The Bertz CT molecular complexity index is 682. The molecule has 1 amide bonds. The first-order valence-electron chi connectivity index (χ1n) is 7.67. The van der Waals surface area contributed by atoms with Crippen LogP contribution in [0.4, 0.5) is 0 Å². The van der Waals surface area contributed by atoms with Gasteiger partial charge in [-0.25, -0.2) is 4.79 Å². The minimum atomic E-state index is -1.08. The maximum atomic E-state index is 12.4. The number of carboxylic acids is 1. The third-order valence-corrected chi connectivity index (χ3v) is 3.75. The number of hydrogen-bond donors (Lipinski definition) is 2. The molecule has 2 aromatic carbocycles. The second-order valence-electron chi connectivity index (χ2n) is 5.62. The van der Waals surface area contributed by atoms with Crippen LogP contribution in [0.3, 0.4) is 0 Å². The number of benzene rings is 2. The summed E-state index contributed by atoms with van der Waals surface area (Å²) in [5.41, 5.74) is 2.62. The van der Waals surface area contributed by atoms with E-state index in [1.807, 2.05) is 37.3 Å². The molecule has 0 fully saturated rings. The van der Waals surface area contributed by atoms with Crippen molar-refractivity contribution in [2.45, 2.75) is 25.5 Å². The quantitative estimate of drug-likeness (QED) is 0.819. The van der Waals surface area contributed by atoms with Crippen molar-refractivity contribution >= 4 is 11.9 Å². The van der Waals surface area contributed by atoms with Gasteiger partial charge in [-0.3, -0.25) is 4.79 Å². The molecule has 0 bridgehead atoms. The van der Waals surface area contributed by atoms with Crippen LogP contribution < -0.4 is 5.32 Å². The lowest BCUT2D eigenvalue weighted by molar-refractivity contribution is -0.144. The van der Waals surface area contributed by atoms with Gasteiger partial charge in [0.05, 0.1) is 0 Å². The lowest BCUT2D eigenvalue weighted by Crippen LogP contribution is -2.44. The Morgan fingerprint density at radius 3 is 2.25 bits per heavy atom. The molecule has 0 aliphatic rings. The molecular weight excluding hydrogens is 306 g/mol. The molecule has 0 saturated heterocycles. The Hall–Kier alpha value is -2.66. The highest BCUT2D eigenvalue weighted by Crippen LogP contribution is 2.17. The van der Waals surface area contributed by atoms with Gasteiger partial charge < -0.3 is 15.2 Å². The largest absolute Gasteiger partial charge is 0.480 e. The van der Waals surface area contributed by atoms with E-state index in [0.717, 1.165) is 11.1 Å². The first kappa shape index (κ1) is 17.7. The molecule has 5 nitrogen and oxygen atoms in total. The SMILES string of the molecule is CO[C@@H](C(=O)N[C@H](Cc1ccc(C)cc1)C(=O)O)c1ccccc1. The summed E-state index contributed by atoms with van der Waals surface area (Å²) in [5.74, 6) is -1.55. The number of carboxylic acid groups (broad SMARTS) is 1. The van der Waals surface area contributed by atoms with Gasteiger partial charge in [0.25, 0.3) is 5.91 Å². The Labute approximate surface area is 141 Å². The average molecular weight is 327 g/mol. The Morgan fingerprint density at radius 2 is 1.71 bits per heavy atom. The summed E-state index contributed by atoms with van der Waals surface area (Å²) in [5, 5.41) is 12.0. The standard InChI is InChI=1S/C19H21NO4/c1-13-8-10-14(11-9-13)12-16(19(22)23)20-18(21)17(24-2)15-6-4-3-5-7-15/h3-11,16-17H,12H2,1-2H3,(H,20,21)(H,22,23)/t16-,17-/m1/s1.